The molecule has 4 rings (SSSR count). The second-order valence-electron chi connectivity index (χ2n) is 6.09. The first-order chi connectivity index (χ1) is 14.4. The first kappa shape index (κ1) is 19.8. The van der Waals surface area contributed by atoms with Crippen LogP contribution in [-0.4, -0.2) is 31.2 Å². The van der Waals surface area contributed by atoms with Gasteiger partial charge in [-0.3, -0.25) is 4.68 Å². The standard InChI is InChI=1S/C19H14F3N5O2S/c1-28-13-7-5-12(6-8-13)10-27-11-14(16(25-27)19(20,21)22)17-24-18(30-26-17)29-15-4-2-3-9-23-15/h2-9,11H,10H2,1H3. The molecule has 0 saturated heterocycles. The van der Waals surface area contributed by atoms with Crippen LogP contribution in [0.2, 0.25) is 0 Å². The Balaban J connectivity index is 1.62. The highest BCUT2D eigenvalue weighted by molar-refractivity contribution is 7.07. The average Bonchev–Trinajstić information content (AvgIpc) is 3.36. The van der Waals surface area contributed by atoms with Gasteiger partial charge in [-0.05, 0) is 23.8 Å². The minimum Gasteiger partial charge on any atom is -0.497 e. The van der Waals surface area contributed by atoms with Crippen LogP contribution in [0.4, 0.5) is 13.2 Å². The molecule has 3 heterocycles. The summed E-state index contributed by atoms with van der Waals surface area (Å²) in [6.07, 6.45) is -1.85. The molecule has 0 N–H and O–H groups in total. The SMILES string of the molecule is COc1ccc(Cn2cc(-c3nsc(Oc4ccccn4)n3)c(C(F)(F)F)n2)cc1. The Bertz CT molecular complexity index is 1130. The molecule has 0 amide bonds. The van der Waals surface area contributed by atoms with E-state index in [1.165, 1.54) is 24.2 Å². The van der Waals surface area contributed by atoms with Gasteiger partial charge in [0.2, 0.25) is 5.88 Å². The zero-order valence-corrected chi connectivity index (χ0v) is 16.3. The lowest BCUT2D eigenvalue weighted by Gasteiger charge is -2.05. The molecule has 0 unspecified atom stereocenters. The van der Waals surface area contributed by atoms with Crippen LogP contribution in [0.25, 0.3) is 11.4 Å². The summed E-state index contributed by atoms with van der Waals surface area (Å²) in [5.74, 6) is 0.814. The van der Waals surface area contributed by atoms with Crippen molar-refractivity contribution in [3.8, 4) is 28.2 Å². The van der Waals surface area contributed by atoms with E-state index in [2.05, 4.69) is 19.4 Å². The van der Waals surface area contributed by atoms with Gasteiger partial charge in [0.25, 0.3) is 5.19 Å². The van der Waals surface area contributed by atoms with Gasteiger partial charge in [0.15, 0.2) is 11.5 Å². The summed E-state index contributed by atoms with van der Waals surface area (Å²) < 4.78 is 56.4. The number of benzene rings is 1. The third-order valence-electron chi connectivity index (χ3n) is 4.01. The topological polar surface area (TPSA) is 75.0 Å². The maximum absolute atomic E-state index is 13.6. The zero-order chi connectivity index (χ0) is 21.1. The van der Waals surface area contributed by atoms with E-state index in [1.54, 1.807) is 42.5 Å². The molecule has 0 atom stereocenters. The first-order valence-electron chi connectivity index (χ1n) is 8.63. The molecule has 30 heavy (non-hydrogen) atoms. The molecule has 0 aliphatic rings. The van der Waals surface area contributed by atoms with E-state index < -0.39 is 11.9 Å². The van der Waals surface area contributed by atoms with Crippen LogP contribution in [-0.2, 0) is 12.7 Å². The first-order valence-corrected chi connectivity index (χ1v) is 9.40. The fraction of sp³-hybridized carbons (Fsp3) is 0.158. The van der Waals surface area contributed by atoms with Crippen molar-refractivity contribution in [3.05, 3.63) is 66.1 Å². The van der Waals surface area contributed by atoms with Crippen molar-refractivity contribution in [2.75, 3.05) is 7.11 Å². The minimum absolute atomic E-state index is 0.0831. The van der Waals surface area contributed by atoms with E-state index in [0.29, 0.717) is 5.75 Å². The Morgan fingerprint density at radius 3 is 2.57 bits per heavy atom. The number of methoxy groups -OCH3 is 1. The van der Waals surface area contributed by atoms with Gasteiger partial charge in [-0.1, -0.05) is 18.2 Å². The van der Waals surface area contributed by atoms with E-state index >= 15 is 0 Å². The van der Waals surface area contributed by atoms with Crippen molar-refractivity contribution in [2.24, 2.45) is 0 Å². The van der Waals surface area contributed by atoms with E-state index in [-0.39, 0.29) is 29.0 Å². The Kier molecular flexibility index (Phi) is 5.36. The molecule has 0 saturated carbocycles. The summed E-state index contributed by atoms with van der Waals surface area (Å²) in [5, 5.41) is 3.80. The molecule has 0 radical (unpaired) electrons. The van der Waals surface area contributed by atoms with Crippen LogP contribution in [0.3, 0.4) is 0 Å². The number of pyridine rings is 1. The highest BCUT2D eigenvalue weighted by Gasteiger charge is 2.38. The van der Waals surface area contributed by atoms with Gasteiger partial charge in [0.05, 0.1) is 19.2 Å². The Labute approximate surface area is 172 Å². The lowest BCUT2D eigenvalue weighted by molar-refractivity contribution is -0.141. The predicted molar refractivity (Wildman–Crippen MR) is 103 cm³/mol. The molecule has 0 spiro atoms. The van der Waals surface area contributed by atoms with Crippen LogP contribution in [0.1, 0.15) is 11.3 Å². The summed E-state index contributed by atoms with van der Waals surface area (Å²) in [5.41, 5.74) is -0.509. The highest BCUT2D eigenvalue weighted by Crippen LogP contribution is 2.36. The third-order valence-corrected chi connectivity index (χ3v) is 4.61. The van der Waals surface area contributed by atoms with Crippen molar-refractivity contribution in [3.63, 3.8) is 0 Å². The Morgan fingerprint density at radius 2 is 1.90 bits per heavy atom. The average molecular weight is 433 g/mol. The van der Waals surface area contributed by atoms with Gasteiger partial charge >= 0.3 is 6.18 Å². The maximum Gasteiger partial charge on any atom is 0.435 e. The van der Waals surface area contributed by atoms with Gasteiger partial charge in [-0.15, -0.1) is 0 Å². The van der Waals surface area contributed by atoms with Crippen molar-refractivity contribution in [1.82, 2.24) is 24.1 Å². The zero-order valence-electron chi connectivity index (χ0n) is 15.5. The normalized spacial score (nSPS) is 11.5. The lowest BCUT2D eigenvalue weighted by Crippen LogP contribution is -2.09. The van der Waals surface area contributed by atoms with Gasteiger partial charge in [-0.2, -0.15) is 27.6 Å². The molecular formula is C19H14F3N5O2S. The molecule has 154 valence electrons. The van der Waals surface area contributed by atoms with Crippen LogP contribution < -0.4 is 9.47 Å². The molecule has 1 aromatic carbocycles. The van der Waals surface area contributed by atoms with E-state index in [4.69, 9.17) is 9.47 Å². The van der Waals surface area contributed by atoms with Crippen molar-refractivity contribution < 1.29 is 22.6 Å². The molecule has 3 aromatic heterocycles. The fourth-order valence-electron chi connectivity index (χ4n) is 2.65. The number of halogens is 3. The number of nitrogens with zero attached hydrogens (tertiary/aromatic N) is 5. The van der Waals surface area contributed by atoms with Crippen molar-refractivity contribution in [1.29, 1.82) is 0 Å². The molecule has 4 aromatic rings. The van der Waals surface area contributed by atoms with Crippen LogP contribution in [0.15, 0.2) is 54.9 Å². The van der Waals surface area contributed by atoms with Crippen LogP contribution in [0.5, 0.6) is 16.8 Å². The molecule has 0 aliphatic carbocycles. The largest absolute Gasteiger partial charge is 0.497 e. The van der Waals surface area contributed by atoms with Crippen LogP contribution >= 0.6 is 11.5 Å². The quantitative estimate of drug-likeness (QED) is 0.440. The Hall–Kier alpha value is -3.47. The molecule has 0 aliphatic heterocycles. The second kappa shape index (κ2) is 8.11. The predicted octanol–water partition coefficient (Wildman–Crippen LogP) is 4.66. The van der Waals surface area contributed by atoms with Crippen LogP contribution in [0, 0.1) is 0 Å². The minimum atomic E-state index is -4.66. The summed E-state index contributed by atoms with van der Waals surface area (Å²) in [4.78, 5) is 8.06. The van der Waals surface area contributed by atoms with Crippen molar-refractivity contribution >= 4 is 11.5 Å². The van der Waals surface area contributed by atoms with E-state index in [9.17, 15) is 13.2 Å². The van der Waals surface area contributed by atoms with Crippen molar-refractivity contribution in [2.45, 2.75) is 12.7 Å². The number of hydrogen-bond donors (Lipinski definition) is 0. The smallest absolute Gasteiger partial charge is 0.435 e. The third kappa shape index (κ3) is 4.40. The van der Waals surface area contributed by atoms with E-state index in [0.717, 1.165) is 17.1 Å². The number of ether oxygens (including phenoxy) is 2. The number of alkyl halides is 3. The highest BCUT2D eigenvalue weighted by atomic mass is 32.1. The number of rotatable bonds is 6. The fourth-order valence-corrected chi connectivity index (χ4v) is 3.20. The molecule has 0 bridgehead atoms. The monoisotopic (exact) mass is 433 g/mol. The summed E-state index contributed by atoms with van der Waals surface area (Å²) in [6, 6.07) is 12.0. The summed E-state index contributed by atoms with van der Waals surface area (Å²) in [7, 11) is 1.54. The molecule has 11 heteroatoms. The molecule has 0 fully saturated rings. The maximum atomic E-state index is 13.6. The summed E-state index contributed by atoms with van der Waals surface area (Å²) >= 11 is 0.834. The van der Waals surface area contributed by atoms with E-state index in [1.807, 2.05) is 0 Å². The van der Waals surface area contributed by atoms with Gasteiger partial charge < -0.3 is 9.47 Å². The molecule has 7 nitrogen and oxygen atoms in total. The molecular weight excluding hydrogens is 419 g/mol. The summed E-state index contributed by atoms with van der Waals surface area (Å²) in [6.45, 7) is 0.147. The number of hydrogen-bond acceptors (Lipinski definition) is 7. The van der Waals surface area contributed by atoms with Gasteiger partial charge in [-0.25, -0.2) is 4.98 Å². The van der Waals surface area contributed by atoms with Gasteiger partial charge in [0.1, 0.15) is 5.75 Å². The Morgan fingerprint density at radius 1 is 1.10 bits per heavy atom. The van der Waals surface area contributed by atoms with Gasteiger partial charge in [0, 0.05) is 30.0 Å². The lowest BCUT2D eigenvalue weighted by atomic mass is 10.2. The number of aromatic nitrogens is 5. The second-order valence-corrected chi connectivity index (χ2v) is 6.80.